The van der Waals surface area contributed by atoms with Crippen LogP contribution in [-0.4, -0.2) is 11.7 Å². The lowest BCUT2D eigenvalue weighted by molar-refractivity contribution is 0.0600. The summed E-state index contributed by atoms with van der Waals surface area (Å²) < 4.78 is 5.62. The summed E-state index contributed by atoms with van der Waals surface area (Å²) in [5.74, 6) is 0. The van der Waals surface area contributed by atoms with Crippen molar-refractivity contribution >= 4 is 29.2 Å². The monoisotopic (exact) mass is 325 g/mol. The number of carbonyl (C=O) groups is 1. The average Bonchev–Trinajstić information content (AvgIpc) is 2.53. The Morgan fingerprint density at radius 2 is 1.65 bits per heavy atom. The molecule has 0 saturated carbocycles. The van der Waals surface area contributed by atoms with E-state index >= 15 is 0 Å². The lowest BCUT2D eigenvalue weighted by Crippen LogP contribution is -2.36. The summed E-state index contributed by atoms with van der Waals surface area (Å²) in [5, 5.41) is 2.00. The van der Waals surface area contributed by atoms with Crippen molar-refractivity contribution in [1.29, 1.82) is 0 Å². The Morgan fingerprint density at radius 3 is 2.35 bits per heavy atom. The van der Waals surface area contributed by atoms with Crippen LogP contribution >= 0.6 is 11.8 Å². The fraction of sp³-hybridized carbons (Fsp3) is 0.211. The number of anilines is 1. The van der Waals surface area contributed by atoms with Crippen molar-refractivity contribution in [3.8, 4) is 0 Å². The SMILES string of the molecule is CC(C)(C)OC(=O)N1C(c2ccccc2)=CSc2ccccc21. The molecule has 1 aliphatic rings. The molecule has 0 radical (unpaired) electrons. The summed E-state index contributed by atoms with van der Waals surface area (Å²) >= 11 is 1.62. The number of ether oxygens (including phenoxy) is 1. The van der Waals surface area contributed by atoms with E-state index in [1.54, 1.807) is 16.7 Å². The molecular weight excluding hydrogens is 306 g/mol. The summed E-state index contributed by atoms with van der Waals surface area (Å²) in [5.41, 5.74) is 2.13. The van der Waals surface area contributed by atoms with Crippen molar-refractivity contribution in [1.82, 2.24) is 0 Å². The molecule has 1 heterocycles. The van der Waals surface area contributed by atoms with Gasteiger partial charge in [0, 0.05) is 10.3 Å². The predicted molar refractivity (Wildman–Crippen MR) is 95.4 cm³/mol. The highest BCUT2D eigenvalue weighted by Gasteiger charge is 2.30. The number of thioether (sulfide) groups is 1. The van der Waals surface area contributed by atoms with E-state index in [4.69, 9.17) is 4.74 Å². The van der Waals surface area contributed by atoms with Gasteiger partial charge in [0.05, 0.1) is 11.4 Å². The molecule has 3 rings (SSSR count). The largest absolute Gasteiger partial charge is 0.443 e. The fourth-order valence-corrected chi connectivity index (χ4v) is 3.27. The van der Waals surface area contributed by atoms with Crippen molar-refractivity contribution in [2.45, 2.75) is 31.3 Å². The second-order valence-corrected chi connectivity index (χ2v) is 7.18. The summed E-state index contributed by atoms with van der Waals surface area (Å²) in [6.45, 7) is 5.63. The Bertz CT molecular complexity index is 747. The van der Waals surface area contributed by atoms with Gasteiger partial charge in [-0.05, 0) is 38.5 Å². The lowest BCUT2D eigenvalue weighted by Gasteiger charge is -2.32. The van der Waals surface area contributed by atoms with Gasteiger partial charge >= 0.3 is 6.09 Å². The van der Waals surface area contributed by atoms with Crippen LogP contribution < -0.4 is 4.90 Å². The maximum absolute atomic E-state index is 12.8. The van der Waals surface area contributed by atoms with Gasteiger partial charge in [0.2, 0.25) is 0 Å². The number of fused-ring (bicyclic) bond motifs is 1. The Kier molecular flexibility index (Phi) is 4.18. The van der Waals surface area contributed by atoms with E-state index in [0.717, 1.165) is 21.8 Å². The molecule has 0 N–H and O–H groups in total. The number of hydrogen-bond donors (Lipinski definition) is 0. The molecule has 4 heteroatoms. The number of carbonyl (C=O) groups excluding carboxylic acids is 1. The third kappa shape index (κ3) is 3.42. The highest BCUT2D eigenvalue weighted by molar-refractivity contribution is 8.02. The molecule has 2 aromatic carbocycles. The number of amides is 1. The molecule has 0 unspecified atom stereocenters. The van der Waals surface area contributed by atoms with Gasteiger partial charge in [0.15, 0.2) is 0 Å². The number of hydrogen-bond acceptors (Lipinski definition) is 3. The van der Waals surface area contributed by atoms with Gasteiger partial charge in [-0.1, -0.05) is 54.2 Å². The van der Waals surface area contributed by atoms with Crippen molar-refractivity contribution in [3.63, 3.8) is 0 Å². The first-order valence-electron chi connectivity index (χ1n) is 7.50. The van der Waals surface area contributed by atoms with Crippen LogP contribution in [0.2, 0.25) is 0 Å². The van der Waals surface area contributed by atoms with Crippen LogP contribution in [0, 0.1) is 0 Å². The fourth-order valence-electron chi connectivity index (χ4n) is 2.35. The van der Waals surface area contributed by atoms with E-state index in [9.17, 15) is 4.79 Å². The molecule has 0 aromatic heterocycles. The minimum absolute atomic E-state index is 0.361. The number of rotatable bonds is 1. The smallest absolute Gasteiger partial charge is 0.419 e. The van der Waals surface area contributed by atoms with Gasteiger partial charge in [0.1, 0.15) is 5.60 Å². The quantitative estimate of drug-likeness (QED) is 0.690. The van der Waals surface area contributed by atoms with Crippen LogP contribution in [0.15, 0.2) is 64.9 Å². The summed E-state index contributed by atoms with van der Waals surface area (Å²) in [4.78, 5) is 15.5. The van der Waals surface area contributed by atoms with Gasteiger partial charge in [-0.25, -0.2) is 9.69 Å². The standard InChI is InChI=1S/C19H19NO2S/c1-19(2,3)22-18(21)20-15-11-7-8-12-17(15)23-13-16(20)14-9-5-4-6-10-14/h4-13H,1-3H3. The summed E-state index contributed by atoms with van der Waals surface area (Å²) in [6, 6.07) is 17.8. The first-order valence-corrected chi connectivity index (χ1v) is 8.38. The molecular formula is C19H19NO2S. The maximum Gasteiger partial charge on any atom is 0.419 e. The molecule has 0 spiro atoms. The molecule has 3 nitrogen and oxygen atoms in total. The Hall–Kier alpha value is -2.20. The van der Waals surface area contributed by atoms with Crippen LogP contribution in [-0.2, 0) is 4.74 Å². The zero-order valence-electron chi connectivity index (χ0n) is 13.4. The molecule has 0 atom stereocenters. The van der Waals surface area contributed by atoms with Crippen LogP contribution in [0.25, 0.3) is 5.70 Å². The lowest BCUT2D eigenvalue weighted by atomic mass is 10.1. The highest BCUT2D eigenvalue weighted by Crippen LogP contribution is 2.42. The maximum atomic E-state index is 12.8. The van der Waals surface area contributed by atoms with Gasteiger partial charge in [-0.15, -0.1) is 0 Å². The molecule has 2 aromatic rings. The zero-order valence-corrected chi connectivity index (χ0v) is 14.3. The molecule has 0 fully saturated rings. The topological polar surface area (TPSA) is 29.5 Å². The molecule has 0 saturated heterocycles. The van der Waals surface area contributed by atoms with E-state index < -0.39 is 5.60 Å². The van der Waals surface area contributed by atoms with E-state index in [1.165, 1.54) is 0 Å². The minimum atomic E-state index is -0.543. The van der Waals surface area contributed by atoms with Crippen LogP contribution in [0.3, 0.4) is 0 Å². The van der Waals surface area contributed by atoms with Crippen LogP contribution in [0.4, 0.5) is 10.5 Å². The second kappa shape index (κ2) is 6.13. The van der Waals surface area contributed by atoms with Crippen molar-refractivity contribution in [3.05, 3.63) is 65.6 Å². The highest BCUT2D eigenvalue weighted by atomic mass is 32.2. The first-order chi connectivity index (χ1) is 11.0. The minimum Gasteiger partial charge on any atom is -0.443 e. The Balaban J connectivity index is 2.05. The van der Waals surface area contributed by atoms with E-state index in [1.807, 2.05) is 80.8 Å². The van der Waals surface area contributed by atoms with Crippen molar-refractivity contribution in [2.75, 3.05) is 4.90 Å². The molecule has 118 valence electrons. The number of benzene rings is 2. The normalized spacial score (nSPS) is 14.0. The summed E-state index contributed by atoms with van der Waals surface area (Å²) in [6.07, 6.45) is -0.361. The Labute approximate surface area is 141 Å². The third-order valence-electron chi connectivity index (χ3n) is 3.29. The molecule has 0 bridgehead atoms. The van der Waals surface area contributed by atoms with Gasteiger partial charge in [-0.2, -0.15) is 0 Å². The second-order valence-electron chi connectivity index (χ2n) is 6.27. The average molecular weight is 325 g/mol. The van der Waals surface area contributed by atoms with Crippen LogP contribution in [0.5, 0.6) is 0 Å². The van der Waals surface area contributed by atoms with Gasteiger partial charge in [-0.3, -0.25) is 0 Å². The van der Waals surface area contributed by atoms with E-state index in [0.29, 0.717) is 0 Å². The molecule has 23 heavy (non-hydrogen) atoms. The van der Waals surface area contributed by atoms with E-state index in [2.05, 4.69) is 0 Å². The summed E-state index contributed by atoms with van der Waals surface area (Å²) in [7, 11) is 0. The number of para-hydroxylation sites is 1. The third-order valence-corrected chi connectivity index (χ3v) is 4.23. The van der Waals surface area contributed by atoms with E-state index in [-0.39, 0.29) is 6.09 Å². The Morgan fingerprint density at radius 1 is 1.00 bits per heavy atom. The first kappa shape index (κ1) is 15.7. The number of nitrogens with zero attached hydrogens (tertiary/aromatic N) is 1. The van der Waals surface area contributed by atoms with Gasteiger partial charge in [0.25, 0.3) is 0 Å². The molecule has 1 amide bonds. The zero-order chi connectivity index (χ0) is 16.4. The van der Waals surface area contributed by atoms with Crippen LogP contribution in [0.1, 0.15) is 26.3 Å². The predicted octanol–water partition coefficient (Wildman–Crippen LogP) is 5.53. The van der Waals surface area contributed by atoms with Crippen molar-refractivity contribution in [2.24, 2.45) is 0 Å². The molecule has 1 aliphatic heterocycles. The molecule has 0 aliphatic carbocycles. The van der Waals surface area contributed by atoms with Crippen molar-refractivity contribution < 1.29 is 9.53 Å². The van der Waals surface area contributed by atoms with Gasteiger partial charge < -0.3 is 4.74 Å².